The van der Waals surface area contributed by atoms with Crippen LogP contribution in [0, 0.1) is 6.92 Å². The number of methoxy groups -OCH3 is 1. The molecule has 1 saturated heterocycles. The largest absolute Gasteiger partial charge is 0.383 e. The third kappa shape index (κ3) is 4.49. The highest BCUT2D eigenvalue weighted by Gasteiger charge is 2.20. The molecule has 1 aliphatic rings. The number of rotatable bonds is 6. The third-order valence-electron chi connectivity index (χ3n) is 4.40. The van der Waals surface area contributed by atoms with Gasteiger partial charge in [-0.1, -0.05) is 12.1 Å². The minimum absolute atomic E-state index is 0.205. The van der Waals surface area contributed by atoms with Crippen LogP contribution in [0.15, 0.2) is 36.5 Å². The highest BCUT2D eigenvalue weighted by atomic mass is 16.5. The van der Waals surface area contributed by atoms with Gasteiger partial charge in [0, 0.05) is 51.7 Å². The molecule has 2 aromatic rings. The first-order chi connectivity index (χ1) is 12.7. The Labute approximate surface area is 154 Å². The Morgan fingerprint density at radius 2 is 1.96 bits per heavy atom. The van der Waals surface area contributed by atoms with Gasteiger partial charge in [0.15, 0.2) is 0 Å². The lowest BCUT2D eigenvalue weighted by molar-refractivity contribution is 0.0932. The Hall–Kier alpha value is -2.67. The van der Waals surface area contributed by atoms with E-state index in [0.717, 1.165) is 26.2 Å². The van der Waals surface area contributed by atoms with Crippen LogP contribution in [-0.2, 0) is 4.74 Å². The summed E-state index contributed by atoms with van der Waals surface area (Å²) in [5, 5.41) is 2.78. The fraction of sp³-hybridized carbons (Fsp3) is 0.421. The van der Waals surface area contributed by atoms with Crippen LogP contribution in [0.5, 0.6) is 0 Å². The summed E-state index contributed by atoms with van der Waals surface area (Å²) in [6.45, 7) is 6.49. The van der Waals surface area contributed by atoms with Crippen molar-refractivity contribution in [3.05, 3.63) is 47.8 Å². The van der Waals surface area contributed by atoms with Crippen molar-refractivity contribution in [1.82, 2.24) is 15.3 Å². The standard InChI is InChI=1S/C19H25N5O2/c1-15-4-3-5-16(14-15)23-9-11-24(12-10-23)19-21-7-6-17(22-19)18(25)20-8-13-26-2/h3-7,14H,8-13H2,1-2H3,(H,20,25). The number of benzene rings is 1. The summed E-state index contributed by atoms with van der Waals surface area (Å²) < 4.78 is 4.94. The highest BCUT2D eigenvalue weighted by Crippen LogP contribution is 2.19. The van der Waals surface area contributed by atoms with Crippen molar-refractivity contribution >= 4 is 17.5 Å². The predicted molar refractivity (Wildman–Crippen MR) is 102 cm³/mol. The van der Waals surface area contributed by atoms with Gasteiger partial charge in [-0.2, -0.15) is 0 Å². The average Bonchev–Trinajstić information content (AvgIpc) is 2.68. The molecule has 0 saturated carbocycles. The van der Waals surface area contributed by atoms with E-state index in [2.05, 4.69) is 56.3 Å². The normalized spacial score (nSPS) is 14.4. The van der Waals surface area contributed by atoms with Gasteiger partial charge in [-0.25, -0.2) is 9.97 Å². The molecular weight excluding hydrogens is 330 g/mol. The first-order valence-corrected chi connectivity index (χ1v) is 8.84. The van der Waals surface area contributed by atoms with Crippen molar-refractivity contribution in [3.8, 4) is 0 Å². The van der Waals surface area contributed by atoms with Crippen molar-refractivity contribution in [2.75, 3.05) is 56.2 Å². The first-order valence-electron chi connectivity index (χ1n) is 8.84. The molecule has 2 heterocycles. The lowest BCUT2D eigenvalue weighted by atomic mass is 10.2. The van der Waals surface area contributed by atoms with Crippen molar-refractivity contribution in [2.45, 2.75) is 6.92 Å². The third-order valence-corrected chi connectivity index (χ3v) is 4.40. The van der Waals surface area contributed by atoms with E-state index in [1.54, 1.807) is 19.4 Å². The quantitative estimate of drug-likeness (QED) is 0.792. The summed E-state index contributed by atoms with van der Waals surface area (Å²) >= 11 is 0. The predicted octanol–water partition coefficient (Wildman–Crippen LogP) is 1.49. The minimum Gasteiger partial charge on any atom is -0.383 e. The van der Waals surface area contributed by atoms with E-state index in [9.17, 15) is 4.79 Å². The van der Waals surface area contributed by atoms with Gasteiger partial charge < -0.3 is 19.9 Å². The monoisotopic (exact) mass is 355 g/mol. The Balaban J connectivity index is 1.61. The van der Waals surface area contributed by atoms with Gasteiger partial charge in [0.05, 0.1) is 6.61 Å². The molecule has 3 rings (SSSR count). The van der Waals surface area contributed by atoms with E-state index in [1.807, 2.05) is 0 Å². The fourth-order valence-electron chi connectivity index (χ4n) is 2.97. The molecule has 26 heavy (non-hydrogen) atoms. The lowest BCUT2D eigenvalue weighted by Gasteiger charge is -2.36. The Morgan fingerprint density at radius 1 is 1.19 bits per heavy atom. The summed E-state index contributed by atoms with van der Waals surface area (Å²) in [5.41, 5.74) is 2.89. The maximum absolute atomic E-state index is 12.1. The molecule has 0 spiro atoms. The summed E-state index contributed by atoms with van der Waals surface area (Å²) in [7, 11) is 1.60. The summed E-state index contributed by atoms with van der Waals surface area (Å²) in [4.78, 5) is 25.4. The number of anilines is 2. The number of aromatic nitrogens is 2. The number of carbonyl (C=O) groups excluding carboxylic acids is 1. The Bertz CT molecular complexity index is 744. The van der Waals surface area contributed by atoms with Crippen LogP contribution >= 0.6 is 0 Å². The number of hydrogen-bond donors (Lipinski definition) is 1. The van der Waals surface area contributed by atoms with Crippen molar-refractivity contribution in [1.29, 1.82) is 0 Å². The van der Waals surface area contributed by atoms with E-state index in [0.29, 0.717) is 24.8 Å². The summed E-state index contributed by atoms with van der Waals surface area (Å²) in [6, 6.07) is 10.2. The summed E-state index contributed by atoms with van der Waals surface area (Å²) in [6.07, 6.45) is 1.64. The zero-order valence-electron chi connectivity index (χ0n) is 15.3. The average molecular weight is 355 g/mol. The molecule has 0 aliphatic carbocycles. The van der Waals surface area contributed by atoms with Crippen LogP contribution < -0.4 is 15.1 Å². The van der Waals surface area contributed by atoms with Gasteiger partial charge in [0.1, 0.15) is 5.69 Å². The van der Waals surface area contributed by atoms with Crippen LogP contribution in [0.3, 0.4) is 0 Å². The van der Waals surface area contributed by atoms with Crippen molar-refractivity contribution < 1.29 is 9.53 Å². The van der Waals surface area contributed by atoms with Gasteiger partial charge in [0.25, 0.3) is 5.91 Å². The number of nitrogens with zero attached hydrogens (tertiary/aromatic N) is 4. The smallest absolute Gasteiger partial charge is 0.270 e. The Morgan fingerprint density at radius 3 is 2.69 bits per heavy atom. The summed E-state index contributed by atoms with van der Waals surface area (Å²) in [5.74, 6) is 0.400. The molecule has 1 aromatic heterocycles. The highest BCUT2D eigenvalue weighted by molar-refractivity contribution is 5.92. The molecule has 1 aliphatic heterocycles. The molecule has 1 amide bonds. The molecule has 0 atom stereocenters. The number of ether oxygens (including phenoxy) is 1. The second kappa shape index (κ2) is 8.62. The number of amides is 1. The van der Waals surface area contributed by atoms with Gasteiger partial charge in [-0.15, -0.1) is 0 Å². The number of carbonyl (C=O) groups is 1. The number of nitrogens with one attached hydrogen (secondary N) is 1. The molecule has 1 aromatic carbocycles. The molecule has 7 nitrogen and oxygen atoms in total. The van der Waals surface area contributed by atoms with Crippen molar-refractivity contribution in [3.63, 3.8) is 0 Å². The van der Waals surface area contributed by atoms with E-state index < -0.39 is 0 Å². The molecule has 0 bridgehead atoms. The molecule has 7 heteroatoms. The van der Waals surface area contributed by atoms with Gasteiger partial charge in [-0.3, -0.25) is 4.79 Å². The maximum atomic E-state index is 12.1. The molecule has 1 fully saturated rings. The lowest BCUT2D eigenvalue weighted by Crippen LogP contribution is -2.47. The topological polar surface area (TPSA) is 70.6 Å². The molecule has 0 unspecified atom stereocenters. The molecular formula is C19H25N5O2. The van der Waals surface area contributed by atoms with E-state index in [1.165, 1.54) is 11.3 Å². The SMILES string of the molecule is COCCNC(=O)c1ccnc(N2CCN(c3cccc(C)c3)CC2)n1. The van der Waals surface area contributed by atoms with E-state index in [4.69, 9.17) is 4.74 Å². The van der Waals surface area contributed by atoms with Crippen LogP contribution in [0.25, 0.3) is 0 Å². The van der Waals surface area contributed by atoms with E-state index >= 15 is 0 Å². The van der Waals surface area contributed by atoms with Crippen LogP contribution in [-0.4, -0.2) is 62.3 Å². The second-order valence-electron chi connectivity index (χ2n) is 6.30. The van der Waals surface area contributed by atoms with Crippen LogP contribution in [0.1, 0.15) is 16.1 Å². The Kier molecular flexibility index (Phi) is 6.01. The van der Waals surface area contributed by atoms with E-state index in [-0.39, 0.29) is 5.91 Å². The van der Waals surface area contributed by atoms with Gasteiger partial charge in [-0.05, 0) is 30.7 Å². The molecule has 0 radical (unpaired) electrons. The zero-order chi connectivity index (χ0) is 18.4. The van der Waals surface area contributed by atoms with Gasteiger partial charge >= 0.3 is 0 Å². The molecule has 138 valence electrons. The zero-order valence-corrected chi connectivity index (χ0v) is 15.3. The fourth-order valence-corrected chi connectivity index (χ4v) is 2.97. The second-order valence-corrected chi connectivity index (χ2v) is 6.30. The van der Waals surface area contributed by atoms with Crippen LogP contribution in [0.2, 0.25) is 0 Å². The number of hydrogen-bond acceptors (Lipinski definition) is 6. The maximum Gasteiger partial charge on any atom is 0.270 e. The number of aryl methyl sites for hydroxylation is 1. The minimum atomic E-state index is -0.205. The van der Waals surface area contributed by atoms with Crippen molar-refractivity contribution in [2.24, 2.45) is 0 Å². The molecule has 1 N–H and O–H groups in total. The first kappa shape index (κ1) is 18.1. The van der Waals surface area contributed by atoms with Crippen LogP contribution in [0.4, 0.5) is 11.6 Å². The van der Waals surface area contributed by atoms with Gasteiger partial charge in [0.2, 0.25) is 5.95 Å². The number of piperazine rings is 1.